The Kier molecular flexibility index (Phi) is 6.62. The lowest BCUT2D eigenvalue weighted by Gasteiger charge is -2.11. The number of nitrogens with zero attached hydrogens (tertiary/aromatic N) is 1. The number of aryl methyl sites for hydroxylation is 1. The second kappa shape index (κ2) is 8.91. The van der Waals surface area contributed by atoms with Crippen LogP contribution in [0.25, 0.3) is 0 Å². The lowest BCUT2D eigenvalue weighted by atomic mass is 10.1. The first kappa shape index (κ1) is 19.3. The van der Waals surface area contributed by atoms with Gasteiger partial charge in [-0.25, -0.2) is 0 Å². The van der Waals surface area contributed by atoms with E-state index < -0.39 is 10.8 Å². The van der Waals surface area contributed by atoms with Gasteiger partial charge in [0.2, 0.25) is 0 Å². The predicted molar refractivity (Wildman–Crippen MR) is 104 cm³/mol. The molecule has 2 aromatic carbocycles. The van der Waals surface area contributed by atoms with Gasteiger partial charge in [-0.1, -0.05) is 19.1 Å². The number of hydrogen-bond acceptors (Lipinski definition) is 5. The van der Waals surface area contributed by atoms with Gasteiger partial charge < -0.3 is 10.1 Å². The first-order valence-corrected chi connectivity index (χ1v) is 8.48. The van der Waals surface area contributed by atoms with Crippen LogP contribution in [0.1, 0.15) is 29.8 Å². The van der Waals surface area contributed by atoms with Crippen molar-refractivity contribution in [2.24, 2.45) is 0 Å². The van der Waals surface area contributed by atoms with Crippen LogP contribution in [0.4, 0.5) is 11.4 Å². The van der Waals surface area contributed by atoms with E-state index in [1.807, 2.05) is 24.3 Å². The van der Waals surface area contributed by atoms with Gasteiger partial charge in [-0.3, -0.25) is 20.2 Å². The maximum atomic E-state index is 12.3. The van der Waals surface area contributed by atoms with Crippen molar-refractivity contribution in [2.75, 3.05) is 11.9 Å². The SMILES string of the molecule is CCOc1ccc(C(=O)NC(=S)Nc2ccc(CC)cc2)cc1[N+](=O)[O-]. The molecule has 0 aromatic heterocycles. The molecule has 0 fully saturated rings. The summed E-state index contributed by atoms with van der Waals surface area (Å²) >= 11 is 5.12. The molecule has 0 unspecified atom stereocenters. The summed E-state index contributed by atoms with van der Waals surface area (Å²) in [4.78, 5) is 22.8. The van der Waals surface area contributed by atoms with Gasteiger partial charge in [-0.2, -0.15) is 0 Å². The number of nitro groups is 1. The summed E-state index contributed by atoms with van der Waals surface area (Å²) in [6.07, 6.45) is 0.929. The van der Waals surface area contributed by atoms with Crippen LogP contribution >= 0.6 is 12.2 Å². The summed E-state index contributed by atoms with van der Waals surface area (Å²) < 4.78 is 5.20. The number of thiocarbonyl (C=S) groups is 1. The summed E-state index contributed by atoms with van der Waals surface area (Å²) in [5.41, 5.74) is 1.77. The van der Waals surface area contributed by atoms with Crippen LogP contribution in [0.3, 0.4) is 0 Å². The fourth-order valence-electron chi connectivity index (χ4n) is 2.24. The molecule has 1 amide bonds. The largest absolute Gasteiger partial charge is 0.487 e. The van der Waals surface area contributed by atoms with Gasteiger partial charge in [0.05, 0.1) is 11.5 Å². The summed E-state index contributed by atoms with van der Waals surface area (Å²) in [6, 6.07) is 11.7. The average Bonchev–Trinajstić information content (AvgIpc) is 2.62. The van der Waals surface area contributed by atoms with Crippen molar-refractivity contribution in [1.82, 2.24) is 5.32 Å². The molecule has 0 saturated carbocycles. The highest BCUT2D eigenvalue weighted by Crippen LogP contribution is 2.27. The first-order valence-electron chi connectivity index (χ1n) is 8.07. The molecule has 0 radical (unpaired) electrons. The molecule has 0 spiro atoms. The monoisotopic (exact) mass is 373 g/mol. The zero-order valence-corrected chi connectivity index (χ0v) is 15.3. The molecule has 26 heavy (non-hydrogen) atoms. The Hall–Kier alpha value is -3.00. The topological polar surface area (TPSA) is 93.5 Å². The molecule has 0 atom stereocenters. The highest BCUT2D eigenvalue weighted by molar-refractivity contribution is 7.80. The number of amides is 1. The second-order valence-corrected chi connectivity index (χ2v) is 5.74. The quantitative estimate of drug-likeness (QED) is 0.456. The summed E-state index contributed by atoms with van der Waals surface area (Å²) in [5, 5.41) is 16.7. The summed E-state index contributed by atoms with van der Waals surface area (Å²) in [7, 11) is 0. The molecule has 0 aliphatic rings. The molecule has 7 nitrogen and oxygen atoms in total. The number of carbonyl (C=O) groups excluding carboxylic acids is 1. The van der Waals surface area contributed by atoms with Crippen molar-refractivity contribution >= 4 is 34.6 Å². The Morgan fingerprint density at radius 3 is 2.46 bits per heavy atom. The fraction of sp³-hybridized carbons (Fsp3) is 0.222. The Morgan fingerprint density at radius 2 is 1.88 bits per heavy atom. The number of anilines is 1. The normalized spacial score (nSPS) is 10.1. The molecule has 0 bridgehead atoms. The maximum Gasteiger partial charge on any atom is 0.311 e. The van der Waals surface area contributed by atoms with Gasteiger partial charge in [-0.15, -0.1) is 0 Å². The van der Waals surface area contributed by atoms with Crippen LogP contribution in [-0.4, -0.2) is 22.5 Å². The highest BCUT2D eigenvalue weighted by atomic mass is 32.1. The number of hydrogen-bond donors (Lipinski definition) is 2. The van der Waals surface area contributed by atoms with E-state index in [9.17, 15) is 14.9 Å². The molecular weight excluding hydrogens is 354 g/mol. The Morgan fingerprint density at radius 1 is 1.19 bits per heavy atom. The van der Waals surface area contributed by atoms with E-state index in [-0.39, 0.29) is 28.7 Å². The Labute approximate surface area is 156 Å². The van der Waals surface area contributed by atoms with Gasteiger partial charge >= 0.3 is 5.69 Å². The molecule has 0 aliphatic carbocycles. The summed E-state index contributed by atoms with van der Waals surface area (Å²) in [5.74, 6) is -0.426. The zero-order chi connectivity index (χ0) is 19.1. The minimum Gasteiger partial charge on any atom is -0.487 e. The van der Waals surface area contributed by atoms with E-state index in [1.165, 1.54) is 23.8 Å². The Bertz CT molecular complexity index is 822. The first-order chi connectivity index (χ1) is 12.4. The van der Waals surface area contributed by atoms with Crippen LogP contribution in [0.2, 0.25) is 0 Å². The van der Waals surface area contributed by atoms with Gasteiger partial charge in [0.25, 0.3) is 5.91 Å². The van der Waals surface area contributed by atoms with E-state index in [2.05, 4.69) is 17.6 Å². The van der Waals surface area contributed by atoms with Crippen LogP contribution in [0.5, 0.6) is 5.75 Å². The fourth-order valence-corrected chi connectivity index (χ4v) is 2.45. The average molecular weight is 373 g/mol. The van der Waals surface area contributed by atoms with Crippen LogP contribution in [0, 0.1) is 10.1 Å². The van der Waals surface area contributed by atoms with Crippen molar-refractivity contribution in [3.8, 4) is 5.75 Å². The zero-order valence-electron chi connectivity index (χ0n) is 14.4. The van der Waals surface area contributed by atoms with Crippen LogP contribution in [-0.2, 0) is 6.42 Å². The number of carbonyl (C=O) groups is 1. The number of nitro benzene ring substituents is 1. The summed E-state index contributed by atoms with van der Waals surface area (Å²) in [6.45, 7) is 4.07. The van der Waals surface area contributed by atoms with Crippen LogP contribution < -0.4 is 15.4 Å². The second-order valence-electron chi connectivity index (χ2n) is 5.33. The predicted octanol–water partition coefficient (Wildman–Crippen LogP) is 3.68. The van der Waals surface area contributed by atoms with Crippen molar-refractivity contribution in [3.05, 3.63) is 63.7 Å². The molecule has 0 heterocycles. The number of benzene rings is 2. The minimum atomic E-state index is -0.590. The third-order valence-corrected chi connectivity index (χ3v) is 3.77. The number of ether oxygens (including phenoxy) is 1. The van der Waals surface area contributed by atoms with Crippen molar-refractivity contribution < 1.29 is 14.5 Å². The molecule has 0 saturated heterocycles. The van der Waals surface area contributed by atoms with E-state index >= 15 is 0 Å². The van der Waals surface area contributed by atoms with Gasteiger partial charge in [-0.05, 0) is 55.4 Å². The number of nitrogens with one attached hydrogen (secondary N) is 2. The van der Waals surface area contributed by atoms with E-state index in [1.54, 1.807) is 6.92 Å². The van der Waals surface area contributed by atoms with Crippen molar-refractivity contribution in [2.45, 2.75) is 20.3 Å². The molecular formula is C18H19N3O4S. The van der Waals surface area contributed by atoms with E-state index in [4.69, 9.17) is 17.0 Å². The molecule has 136 valence electrons. The van der Waals surface area contributed by atoms with Gasteiger partial charge in [0.1, 0.15) is 0 Å². The standard InChI is InChI=1S/C18H19N3O4S/c1-3-12-5-8-14(9-6-12)19-18(26)20-17(22)13-7-10-16(25-4-2)15(11-13)21(23)24/h5-11H,3-4H2,1-2H3,(H2,19,20,22,26). The lowest BCUT2D eigenvalue weighted by molar-refractivity contribution is -0.385. The number of rotatable bonds is 6. The Balaban J connectivity index is 2.07. The maximum absolute atomic E-state index is 12.3. The molecule has 2 N–H and O–H groups in total. The third kappa shape index (κ3) is 5.00. The van der Waals surface area contributed by atoms with E-state index in [0.717, 1.165) is 12.1 Å². The smallest absolute Gasteiger partial charge is 0.311 e. The highest BCUT2D eigenvalue weighted by Gasteiger charge is 2.19. The minimum absolute atomic E-state index is 0.107. The third-order valence-electron chi connectivity index (χ3n) is 3.56. The molecule has 2 aromatic rings. The molecule has 2 rings (SSSR count). The van der Waals surface area contributed by atoms with Gasteiger partial charge in [0.15, 0.2) is 10.9 Å². The van der Waals surface area contributed by atoms with Gasteiger partial charge in [0, 0.05) is 17.3 Å². The van der Waals surface area contributed by atoms with Crippen molar-refractivity contribution in [1.29, 1.82) is 0 Å². The van der Waals surface area contributed by atoms with Crippen LogP contribution in [0.15, 0.2) is 42.5 Å². The lowest BCUT2D eigenvalue weighted by Crippen LogP contribution is -2.34. The van der Waals surface area contributed by atoms with Crippen molar-refractivity contribution in [3.63, 3.8) is 0 Å². The molecule has 0 aliphatic heterocycles. The van der Waals surface area contributed by atoms with E-state index in [0.29, 0.717) is 0 Å². The molecule has 8 heteroatoms.